The average molecular weight is 422 g/mol. The summed E-state index contributed by atoms with van der Waals surface area (Å²) in [5.41, 5.74) is 1.42. The van der Waals surface area contributed by atoms with Crippen LogP contribution in [0.15, 0.2) is 70.5 Å². The fourth-order valence-electron chi connectivity index (χ4n) is 2.55. The molecule has 26 heavy (non-hydrogen) atoms. The Morgan fingerprint density at radius 3 is 2.31 bits per heavy atom. The second kappa shape index (κ2) is 8.61. The van der Waals surface area contributed by atoms with Gasteiger partial charge in [0.25, 0.3) is 0 Å². The number of hydrogen-bond acceptors (Lipinski definition) is 6. The first-order chi connectivity index (χ1) is 12.5. The molecule has 3 nitrogen and oxygen atoms in total. The van der Waals surface area contributed by atoms with Gasteiger partial charge in [0.05, 0.1) is 14.8 Å². The van der Waals surface area contributed by atoms with Crippen LogP contribution in [0.4, 0.5) is 0 Å². The van der Waals surface area contributed by atoms with Crippen LogP contribution >= 0.6 is 35.7 Å². The van der Waals surface area contributed by atoms with E-state index in [0.29, 0.717) is 9.89 Å². The Morgan fingerprint density at radius 2 is 1.69 bits per heavy atom. The monoisotopic (exact) mass is 421 g/mol. The van der Waals surface area contributed by atoms with Gasteiger partial charge in [-0.2, -0.15) is 0 Å². The Bertz CT molecular complexity index is 909. The van der Waals surface area contributed by atoms with Gasteiger partial charge < -0.3 is 5.32 Å². The first kappa shape index (κ1) is 19.5. The topological polar surface area (TPSA) is 46.2 Å². The van der Waals surface area contributed by atoms with Crippen LogP contribution in [0.1, 0.15) is 18.9 Å². The maximum absolute atomic E-state index is 13.3. The quantitative estimate of drug-likeness (QED) is 0.668. The molecule has 1 N–H and O–H groups in total. The van der Waals surface area contributed by atoms with E-state index >= 15 is 0 Å². The van der Waals surface area contributed by atoms with Crippen molar-refractivity contribution in [2.45, 2.75) is 22.9 Å². The van der Waals surface area contributed by atoms with Gasteiger partial charge in [-0.25, -0.2) is 8.42 Å². The normalized spacial score (nSPS) is 17.9. The molecule has 0 amide bonds. The predicted octanol–water partition coefficient (Wildman–Crippen LogP) is 4.92. The molecular formula is C19H19NO2S4. The van der Waals surface area contributed by atoms with E-state index in [-0.39, 0.29) is 14.5 Å². The highest BCUT2D eigenvalue weighted by Gasteiger charge is 2.35. The van der Waals surface area contributed by atoms with Crippen molar-refractivity contribution in [2.75, 3.05) is 5.75 Å². The summed E-state index contributed by atoms with van der Waals surface area (Å²) in [6.45, 7) is 2.12. The molecule has 1 atom stereocenters. The molecule has 136 valence electrons. The largest absolute Gasteiger partial charge is 0.363 e. The van der Waals surface area contributed by atoms with Crippen molar-refractivity contribution >= 4 is 55.5 Å². The van der Waals surface area contributed by atoms with E-state index in [9.17, 15) is 8.42 Å². The lowest BCUT2D eigenvalue weighted by Gasteiger charge is -2.29. The highest BCUT2D eigenvalue weighted by molar-refractivity contribution is 8.32. The van der Waals surface area contributed by atoms with E-state index < -0.39 is 9.84 Å². The van der Waals surface area contributed by atoms with E-state index in [2.05, 4.69) is 12.2 Å². The molecule has 0 bridgehead atoms. The summed E-state index contributed by atoms with van der Waals surface area (Å²) in [5.74, 6) is 0.982. The lowest BCUT2D eigenvalue weighted by molar-refractivity contribution is 0.603. The molecule has 0 fully saturated rings. The van der Waals surface area contributed by atoms with Gasteiger partial charge in [-0.3, -0.25) is 0 Å². The van der Waals surface area contributed by atoms with Crippen molar-refractivity contribution in [1.29, 1.82) is 0 Å². The van der Waals surface area contributed by atoms with Gasteiger partial charge in [0.15, 0.2) is 0 Å². The second-order valence-electron chi connectivity index (χ2n) is 5.64. The van der Waals surface area contributed by atoms with Crippen molar-refractivity contribution < 1.29 is 8.42 Å². The minimum Gasteiger partial charge on any atom is -0.363 e. The molecule has 2 aromatic carbocycles. The summed E-state index contributed by atoms with van der Waals surface area (Å²) >= 11 is 8.70. The third kappa shape index (κ3) is 4.17. The Hall–Kier alpha value is -1.28. The molecule has 2 aromatic rings. The zero-order valence-corrected chi connectivity index (χ0v) is 17.5. The molecule has 1 heterocycles. The number of thioether (sulfide) groups is 2. The van der Waals surface area contributed by atoms with E-state index in [1.807, 2.05) is 30.3 Å². The van der Waals surface area contributed by atoms with Gasteiger partial charge >= 0.3 is 0 Å². The lowest BCUT2D eigenvalue weighted by Crippen LogP contribution is -2.32. The van der Waals surface area contributed by atoms with Crippen LogP contribution in [0, 0.1) is 0 Å². The van der Waals surface area contributed by atoms with Gasteiger partial charge in [0, 0.05) is 0 Å². The molecule has 0 radical (unpaired) electrons. The molecule has 0 aromatic heterocycles. The molecule has 1 aliphatic heterocycles. The van der Waals surface area contributed by atoms with Gasteiger partial charge in [0.2, 0.25) is 9.84 Å². The minimum atomic E-state index is -3.71. The Kier molecular flexibility index (Phi) is 6.45. The Labute approximate surface area is 168 Å². The number of benzene rings is 2. The molecule has 3 rings (SSSR count). The van der Waals surface area contributed by atoms with Crippen LogP contribution in [0.25, 0.3) is 5.70 Å². The number of nitrogens with one attached hydrogen (secondary N) is 1. The molecule has 0 saturated carbocycles. The molecule has 0 spiro atoms. The maximum Gasteiger partial charge on any atom is 0.210 e. The molecule has 1 aliphatic rings. The summed E-state index contributed by atoms with van der Waals surface area (Å²) in [7, 11) is -3.71. The van der Waals surface area contributed by atoms with E-state index in [0.717, 1.165) is 17.7 Å². The number of sulfone groups is 1. The van der Waals surface area contributed by atoms with Crippen LogP contribution in [0.5, 0.6) is 0 Å². The number of thiocarbonyl (C=S) groups is 1. The van der Waals surface area contributed by atoms with Crippen molar-refractivity contribution in [3.63, 3.8) is 0 Å². The minimum absolute atomic E-state index is 0.00683. The third-order valence-corrected chi connectivity index (χ3v) is 8.85. The third-order valence-electron chi connectivity index (χ3n) is 3.75. The Balaban J connectivity index is 2.13. The zero-order chi connectivity index (χ0) is 18.6. The van der Waals surface area contributed by atoms with Gasteiger partial charge in [0.1, 0.15) is 9.61 Å². The lowest BCUT2D eigenvalue weighted by atomic mass is 10.1. The fraction of sp³-hybridized carbons (Fsp3) is 0.211. The van der Waals surface area contributed by atoms with Crippen LogP contribution < -0.4 is 5.32 Å². The van der Waals surface area contributed by atoms with Crippen molar-refractivity contribution in [3.8, 4) is 0 Å². The van der Waals surface area contributed by atoms with Crippen LogP contribution in [-0.2, 0) is 9.84 Å². The second-order valence-corrected chi connectivity index (χ2v) is 10.8. The summed E-state index contributed by atoms with van der Waals surface area (Å²) in [5, 5.41) is 3.40. The zero-order valence-electron chi connectivity index (χ0n) is 14.2. The first-order valence-corrected chi connectivity index (χ1v) is 12.0. The van der Waals surface area contributed by atoms with E-state index in [4.69, 9.17) is 12.2 Å². The van der Waals surface area contributed by atoms with Gasteiger partial charge in [-0.05, 0) is 29.9 Å². The standard InChI is InChI=1S/C19H19NO2S4/c1-2-13-24-19-20-16(14-9-5-3-6-10-14)17(18(23)25-19)26(21,22)15-11-7-4-8-12-15/h3-12,19-20H,2,13H2,1H3. The van der Waals surface area contributed by atoms with Crippen LogP contribution in [0.2, 0.25) is 0 Å². The summed E-state index contributed by atoms with van der Waals surface area (Å²) in [4.78, 5) is 0.455. The van der Waals surface area contributed by atoms with Gasteiger partial charge in [-0.1, -0.05) is 79.4 Å². The first-order valence-electron chi connectivity index (χ1n) is 8.23. The van der Waals surface area contributed by atoms with Crippen molar-refractivity contribution in [2.24, 2.45) is 0 Å². The van der Waals surface area contributed by atoms with E-state index in [1.54, 1.807) is 42.1 Å². The van der Waals surface area contributed by atoms with Crippen molar-refractivity contribution in [3.05, 3.63) is 71.1 Å². The highest BCUT2D eigenvalue weighted by atomic mass is 32.2. The van der Waals surface area contributed by atoms with E-state index in [1.165, 1.54) is 11.8 Å². The molecule has 7 heteroatoms. The fourth-order valence-corrected chi connectivity index (χ4v) is 7.42. The molecular weight excluding hydrogens is 402 g/mol. The Morgan fingerprint density at radius 1 is 1.08 bits per heavy atom. The van der Waals surface area contributed by atoms with Crippen LogP contribution in [0.3, 0.4) is 0 Å². The smallest absolute Gasteiger partial charge is 0.210 e. The number of rotatable bonds is 6. The summed E-state index contributed by atoms with van der Waals surface area (Å²) in [6.07, 6.45) is 1.05. The van der Waals surface area contributed by atoms with Gasteiger partial charge in [-0.15, -0.1) is 11.8 Å². The summed E-state index contributed by atoms with van der Waals surface area (Å²) < 4.78 is 27.0. The van der Waals surface area contributed by atoms with Crippen molar-refractivity contribution in [1.82, 2.24) is 5.32 Å². The average Bonchev–Trinajstić information content (AvgIpc) is 2.67. The summed E-state index contributed by atoms with van der Waals surface area (Å²) in [6, 6.07) is 18.0. The highest BCUT2D eigenvalue weighted by Crippen LogP contribution is 2.39. The SMILES string of the molecule is CCCSC1NC(c2ccccc2)=C(S(=O)(=O)c2ccccc2)C(=S)S1. The molecule has 0 saturated heterocycles. The van der Waals surface area contributed by atoms with Crippen LogP contribution in [-0.4, -0.2) is 23.1 Å². The molecule has 0 aliphatic carbocycles. The molecule has 1 unspecified atom stereocenters. The maximum atomic E-state index is 13.3. The number of hydrogen-bond donors (Lipinski definition) is 1. The predicted molar refractivity (Wildman–Crippen MR) is 117 cm³/mol.